The van der Waals surface area contributed by atoms with Crippen LogP contribution in [0.3, 0.4) is 0 Å². The van der Waals surface area contributed by atoms with Gasteiger partial charge in [-0.05, 0) is 31.0 Å². The lowest BCUT2D eigenvalue weighted by Crippen LogP contribution is -2.24. The van der Waals surface area contributed by atoms with Gasteiger partial charge >= 0.3 is 0 Å². The van der Waals surface area contributed by atoms with Gasteiger partial charge in [0.05, 0.1) is 0 Å². The van der Waals surface area contributed by atoms with Crippen molar-refractivity contribution < 1.29 is 4.52 Å². The molecule has 0 spiro atoms. The normalized spacial score (nSPS) is 10.9. The first-order valence-electron chi connectivity index (χ1n) is 7.06. The van der Waals surface area contributed by atoms with Gasteiger partial charge in [0.15, 0.2) is 5.82 Å². The average Bonchev–Trinajstić information content (AvgIpc) is 2.99. The predicted molar refractivity (Wildman–Crippen MR) is 83.3 cm³/mol. The molecule has 7 nitrogen and oxygen atoms in total. The molecule has 23 heavy (non-hydrogen) atoms. The molecule has 0 saturated heterocycles. The van der Waals surface area contributed by atoms with E-state index in [1.165, 1.54) is 10.9 Å². The highest BCUT2D eigenvalue weighted by Crippen LogP contribution is 2.11. The van der Waals surface area contributed by atoms with Gasteiger partial charge in [-0.15, -0.1) is 10.2 Å². The van der Waals surface area contributed by atoms with Crippen LogP contribution in [0, 0.1) is 6.92 Å². The number of aryl methyl sites for hydroxylation is 3. The first kappa shape index (κ1) is 15.4. The van der Waals surface area contributed by atoms with Crippen molar-refractivity contribution in [3.05, 3.63) is 68.9 Å². The van der Waals surface area contributed by atoms with Crippen LogP contribution < -0.4 is 5.56 Å². The van der Waals surface area contributed by atoms with Crippen LogP contribution in [-0.4, -0.2) is 24.9 Å². The van der Waals surface area contributed by atoms with E-state index in [1.807, 2.05) is 24.3 Å². The molecule has 0 aliphatic rings. The summed E-state index contributed by atoms with van der Waals surface area (Å²) in [5.74, 6) is 0.965. The molecule has 0 atom stereocenters. The summed E-state index contributed by atoms with van der Waals surface area (Å²) in [6, 6.07) is 7.63. The summed E-state index contributed by atoms with van der Waals surface area (Å²) in [5, 5.41) is 12.1. The SMILES string of the molecule is Cc1nncn(Cc2nc(CCc3ccc(Cl)cc3)no2)c1=O. The zero-order valence-electron chi connectivity index (χ0n) is 12.4. The second-order valence-electron chi connectivity index (χ2n) is 5.08. The molecule has 2 aromatic heterocycles. The summed E-state index contributed by atoms with van der Waals surface area (Å²) >= 11 is 5.86. The molecule has 0 radical (unpaired) electrons. The molecule has 0 aliphatic heterocycles. The van der Waals surface area contributed by atoms with E-state index in [1.54, 1.807) is 6.92 Å². The van der Waals surface area contributed by atoms with Crippen molar-refractivity contribution in [3.8, 4) is 0 Å². The number of hydrogen-bond donors (Lipinski definition) is 0. The highest BCUT2D eigenvalue weighted by Gasteiger charge is 2.09. The van der Waals surface area contributed by atoms with Crippen molar-refractivity contribution in [2.24, 2.45) is 0 Å². The summed E-state index contributed by atoms with van der Waals surface area (Å²) in [6.45, 7) is 1.79. The molecule has 3 aromatic rings. The van der Waals surface area contributed by atoms with Crippen molar-refractivity contribution in [3.63, 3.8) is 0 Å². The third-order valence-corrected chi connectivity index (χ3v) is 3.59. The molecule has 118 valence electrons. The van der Waals surface area contributed by atoms with Gasteiger partial charge in [0, 0.05) is 11.4 Å². The molecule has 0 N–H and O–H groups in total. The monoisotopic (exact) mass is 331 g/mol. The topological polar surface area (TPSA) is 86.7 Å². The Kier molecular flexibility index (Phi) is 4.47. The maximum atomic E-state index is 11.9. The summed E-state index contributed by atoms with van der Waals surface area (Å²) in [4.78, 5) is 16.2. The Morgan fingerprint density at radius 1 is 1.22 bits per heavy atom. The number of nitrogens with zero attached hydrogens (tertiary/aromatic N) is 5. The number of hydrogen-bond acceptors (Lipinski definition) is 6. The van der Waals surface area contributed by atoms with E-state index in [-0.39, 0.29) is 12.1 Å². The Hall–Kier alpha value is -2.54. The summed E-state index contributed by atoms with van der Waals surface area (Å²) in [5.41, 5.74) is 1.25. The van der Waals surface area contributed by atoms with Gasteiger partial charge in [-0.3, -0.25) is 9.36 Å². The largest absolute Gasteiger partial charge is 0.337 e. The molecule has 0 amide bonds. The molecule has 0 bridgehead atoms. The van der Waals surface area contributed by atoms with Crippen LogP contribution in [0.4, 0.5) is 0 Å². The first-order valence-corrected chi connectivity index (χ1v) is 7.44. The molecule has 3 rings (SSSR count). The lowest BCUT2D eigenvalue weighted by atomic mass is 10.1. The van der Waals surface area contributed by atoms with E-state index in [9.17, 15) is 4.79 Å². The maximum Gasteiger partial charge on any atom is 0.275 e. The Balaban J connectivity index is 1.65. The fourth-order valence-electron chi connectivity index (χ4n) is 2.10. The van der Waals surface area contributed by atoms with Crippen molar-refractivity contribution in [2.75, 3.05) is 0 Å². The smallest absolute Gasteiger partial charge is 0.275 e. The molecule has 0 unspecified atom stereocenters. The van der Waals surface area contributed by atoms with Gasteiger partial charge in [-0.25, -0.2) is 0 Å². The fraction of sp³-hybridized carbons (Fsp3) is 0.267. The zero-order chi connectivity index (χ0) is 16.2. The van der Waals surface area contributed by atoms with Crippen LogP contribution in [0.2, 0.25) is 5.02 Å². The fourth-order valence-corrected chi connectivity index (χ4v) is 2.23. The standard InChI is InChI=1S/C15H14ClN5O2/c1-10-15(22)21(9-17-19-10)8-14-18-13(20-23-14)7-4-11-2-5-12(16)6-3-11/h2-3,5-6,9H,4,7-8H2,1H3. The van der Waals surface area contributed by atoms with E-state index in [4.69, 9.17) is 16.1 Å². The van der Waals surface area contributed by atoms with E-state index in [0.717, 1.165) is 12.0 Å². The zero-order valence-corrected chi connectivity index (χ0v) is 13.2. The first-order chi connectivity index (χ1) is 11.1. The number of benzene rings is 1. The van der Waals surface area contributed by atoms with Gasteiger partial charge in [0.1, 0.15) is 18.6 Å². The van der Waals surface area contributed by atoms with Gasteiger partial charge in [-0.2, -0.15) is 4.98 Å². The lowest BCUT2D eigenvalue weighted by Gasteiger charge is -2.00. The Bertz CT molecular complexity index is 857. The second kappa shape index (κ2) is 6.70. The quantitative estimate of drug-likeness (QED) is 0.708. The van der Waals surface area contributed by atoms with Gasteiger partial charge < -0.3 is 4.52 Å². The van der Waals surface area contributed by atoms with E-state index >= 15 is 0 Å². The highest BCUT2D eigenvalue weighted by atomic mass is 35.5. The predicted octanol–water partition coefficient (Wildman–Crippen LogP) is 1.82. The van der Waals surface area contributed by atoms with Gasteiger partial charge in [-0.1, -0.05) is 28.9 Å². The van der Waals surface area contributed by atoms with Gasteiger partial charge in [0.2, 0.25) is 5.89 Å². The minimum atomic E-state index is -0.221. The van der Waals surface area contributed by atoms with Crippen LogP contribution in [0.15, 0.2) is 39.9 Å². The van der Waals surface area contributed by atoms with Crippen LogP contribution in [0.5, 0.6) is 0 Å². The second-order valence-corrected chi connectivity index (χ2v) is 5.52. The van der Waals surface area contributed by atoms with E-state index in [2.05, 4.69) is 20.3 Å². The highest BCUT2D eigenvalue weighted by molar-refractivity contribution is 6.30. The Morgan fingerprint density at radius 2 is 2.00 bits per heavy atom. The maximum absolute atomic E-state index is 11.9. The van der Waals surface area contributed by atoms with E-state index < -0.39 is 0 Å². The van der Waals surface area contributed by atoms with Crippen LogP contribution >= 0.6 is 11.6 Å². The Morgan fingerprint density at radius 3 is 2.78 bits per heavy atom. The van der Waals surface area contributed by atoms with Crippen molar-refractivity contribution in [1.29, 1.82) is 0 Å². The van der Waals surface area contributed by atoms with Crippen molar-refractivity contribution >= 4 is 11.6 Å². The van der Waals surface area contributed by atoms with Crippen LogP contribution in [0.1, 0.15) is 23.0 Å². The molecule has 0 aliphatic carbocycles. The minimum Gasteiger partial charge on any atom is -0.337 e. The summed E-state index contributed by atoms with van der Waals surface area (Å²) in [7, 11) is 0. The third kappa shape index (κ3) is 3.81. The summed E-state index contributed by atoms with van der Waals surface area (Å²) < 4.78 is 6.57. The molecule has 8 heteroatoms. The molecule has 1 aromatic carbocycles. The Labute approximate surface area is 136 Å². The molecular formula is C15H14ClN5O2. The molecule has 2 heterocycles. The molecule has 0 fully saturated rings. The third-order valence-electron chi connectivity index (χ3n) is 3.34. The summed E-state index contributed by atoms with van der Waals surface area (Å²) in [6.07, 6.45) is 2.78. The number of rotatable bonds is 5. The van der Waals surface area contributed by atoms with Crippen LogP contribution in [-0.2, 0) is 19.4 Å². The minimum absolute atomic E-state index is 0.184. The number of halogens is 1. The average molecular weight is 332 g/mol. The molecule has 0 saturated carbocycles. The van der Waals surface area contributed by atoms with Gasteiger partial charge in [0.25, 0.3) is 5.56 Å². The molecular weight excluding hydrogens is 318 g/mol. The lowest BCUT2D eigenvalue weighted by molar-refractivity contribution is 0.363. The number of aromatic nitrogens is 5. The van der Waals surface area contributed by atoms with Crippen LogP contribution in [0.25, 0.3) is 0 Å². The van der Waals surface area contributed by atoms with Crippen molar-refractivity contribution in [1.82, 2.24) is 24.9 Å². The van der Waals surface area contributed by atoms with E-state index in [0.29, 0.717) is 28.9 Å². The van der Waals surface area contributed by atoms with Crippen molar-refractivity contribution in [2.45, 2.75) is 26.3 Å².